The Morgan fingerprint density at radius 1 is 1.24 bits per heavy atom. The van der Waals surface area contributed by atoms with Crippen LogP contribution in [0.1, 0.15) is 32.6 Å². The molecular formula is C12H20N2O3. The molecular weight excluding hydrogens is 220 g/mol. The standard InChI is InChI=1S/C12H20N2O3/c1-7(11(15)16)14-12(17)13-6-10(8-2-3-8)9-4-5-9/h7-10H,2-6H2,1H3,(H,15,16)(H2,13,14,17)/t7-/m0/s1. The Bertz CT molecular complexity index is 299. The van der Waals surface area contributed by atoms with Crippen LogP contribution in [0.15, 0.2) is 0 Å². The normalized spacial score (nSPS) is 21.1. The van der Waals surface area contributed by atoms with E-state index in [1.54, 1.807) is 0 Å². The lowest BCUT2D eigenvalue weighted by atomic mass is 9.98. The van der Waals surface area contributed by atoms with E-state index >= 15 is 0 Å². The molecule has 96 valence electrons. The van der Waals surface area contributed by atoms with Gasteiger partial charge in [-0.3, -0.25) is 4.79 Å². The van der Waals surface area contributed by atoms with E-state index in [1.807, 2.05) is 0 Å². The Kier molecular flexibility index (Phi) is 3.54. The smallest absolute Gasteiger partial charge is 0.325 e. The van der Waals surface area contributed by atoms with Gasteiger partial charge in [-0.2, -0.15) is 0 Å². The fourth-order valence-corrected chi connectivity index (χ4v) is 2.29. The summed E-state index contributed by atoms with van der Waals surface area (Å²) in [6.07, 6.45) is 5.15. The van der Waals surface area contributed by atoms with Gasteiger partial charge in [-0.25, -0.2) is 4.79 Å². The van der Waals surface area contributed by atoms with Crippen LogP contribution < -0.4 is 10.6 Å². The molecule has 0 aromatic rings. The number of urea groups is 1. The van der Waals surface area contributed by atoms with Crippen LogP contribution in [-0.2, 0) is 4.79 Å². The third-order valence-electron chi connectivity index (χ3n) is 3.67. The molecule has 0 aromatic heterocycles. The number of hydrogen-bond donors (Lipinski definition) is 3. The van der Waals surface area contributed by atoms with Crippen molar-refractivity contribution in [2.24, 2.45) is 17.8 Å². The first-order chi connectivity index (χ1) is 8.08. The molecule has 2 aliphatic rings. The predicted molar refractivity (Wildman–Crippen MR) is 62.6 cm³/mol. The third-order valence-corrected chi connectivity index (χ3v) is 3.67. The Balaban J connectivity index is 1.69. The van der Waals surface area contributed by atoms with Crippen LogP contribution >= 0.6 is 0 Å². The zero-order valence-electron chi connectivity index (χ0n) is 10.1. The van der Waals surface area contributed by atoms with Gasteiger partial charge in [-0.1, -0.05) is 0 Å². The van der Waals surface area contributed by atoms with Gasteiger partial charge < -0.3 is 15.7 Å². The summed E-state index contributed by atoms with van der Waals surface area (Å²) in [4.78, 5) is 22.0. The van der Waals surface area contributed by atoms with Gasteiger partial charge in [0.15, 0.2) is 0 Å². The highest BCUT2D eigenvalue weighted by atomic mass is 16.4. The second-order valence-corrected chi connectivity index (χ2v) is 5.25. The number of carbonyl (C=O) groups is 2. The molecule has 0 radical (unpaired) electrons. The van der Waals surface area contributed by atoms with Gasteiger partial charge in [0, 0.05) is 6.54 Å². The van der Waals surface area contributed by atoms with Crippen LogP contribution in [0.5, 0.6) is 0 Å². The van der Waals surface area contributed by atoms with Crippen LogP contribution in [0, 0.1) is 17.8 Å². The Hall–Kier alpha value is -1.26. The van der Waals surface area contributed by atoms with Crippen molar-refractivity contribution >= 4 is 12.0 Å². The molecule has 2 saturated carbocycles. The fraction of sp³-hybridized carbons (Fsp3) is 0.833. The molecule has 0 heterocycles. The summed E-state index contributed by atoms with van der Waals surface area (Å²) < 4.78 is 0. The van der Waals surface area contributed by atoms with Gasteiger partial charge in [0.1, 0.15) is 6.04 Å². The SMILES string of the molecule is C[C@H](NC(=O)NCC(C1CC1)C1CC1)C(=O)O. The largest absolute Gasteiger partial charge is 0.480 e. The highest BCUT2D eigenvalue weighted by Gasteiger charge is 2.41. The minimum absolute atomic E-state index is 0.369. The summed E-state index contributed by atoms with van der Waals surface area (Å²) in [7, 11) is 0. The van der Waals surface area contributed by atoms with Gasteiger partial charge in [0.25, 0.3) is 0 Å². The zero-order valence-corrected chi connectivity index (χ0v) is 10.1. The molecule has 1 atom stereocenters. The van der Waals surface area contributed by atoms with Crippen LogP contribution in [-0.4, -0.2) is 29.7 Å². The first-order valence-corrected chi connectivity index (χ1v) is 6.35. The average molecular weight is 240 g/mol. The number of rotatable bonds is 6. The minimum atomic E-state index is -1.01. The molecule has 5 heteroatoms. The predicted octanol–water partition coefficient (Wildman–Crippen LogP) is 1.19. The summed E-state index contributed by atoms with van der Waals surface area (Å²) in [6.45, 7) is 2.15. The van der Waals surface area contributed by atoms with E-state index in [-0.39, 0.29) is 6.03 Å². The molecule has 2 rings (SSSR count). The summed E-state index contributed by atoms with van der Waals surface area (Å²) in [5.74, 6) is 1.18. The van der Waals surface area contributed by atoms with Gasteiger partial charge in [-0.05, 0) is 50.4 Å². The molecule has 17 heavy (non-hydrogen) atoms. The van der Waals surface area contributed by atoms with E-state index in [0.717, 1.165) is 11.8 Å². The second-order valence-electron chi connectivity index (χ2n) is 5.25. The summed E-state index contributed by atoms with van der Waals surface area (Å²) in [6, 6.07) is -1.21. The lowest BCUT2D eigenvalue weighted by Crippen LogP contribution is -2.45. The van der Waals surface area contributed by atoms with Crippen molar-refractivity contribution in [2.45, 2.75) is 38.6 Å². The molecule has 0 saturated heterocycles. The highest BCUT2D eigenvalue weighted by Crippen LogP contribution is 2.48. The lowest BCUT2D eigenvalue weighted by Gasteiger charge is -2.17. The topological polar surface area (TPSA) is 78.4 Å². The van der Waals surface area contributed by atoms with Crippen molar-refractivity contribution in [3.63, 3.8) is 0 Å². The number of nitrogens with one attached hydrogen (secondary N) is 2. The van der Waals surface area contributed by atoms with Crippen molar-refractivity contribution in [3.8, 4) is 0 Å². The van der Waals surface area contributed by atoms with Crippen molar-refractivity contribution in [1.82, 2.24) is 10.6 Å². The molecule has 0 bridgehead atoms. The Morgan fingerprint density at radius 3 is 2.18 bits per heavy atom. The van der Waals surface area contributed by atoms with Gasteiger partial charge in [0.05, 0.1) is 0 Å². The molecule has 0 aromatic carbocycles. The molecule has 0 aliphatic heterocycles. The zero-order chi connectivity index (χ0) is 12.4. The highest BCUT2D eigenvalue weighted by molar-refractivity contribution is 5.82. The summed E-state index contributed by atoms with van der Waals surface area (Å²) >= 11 is 0. The maximum Gasteiger partial charge on any atom is 0.325 e. The molecule has 0 spiro atoms. The van der Waals surface area contributed by atoms with E-state index in [2.05, 4.69) is 10.6 Å². The molecule has 2 aliphatic carbocycles. The molecule has 2 amide bonds. The van der Waals surface area contributed by atoms with Gasteiger partial charge >= 0.3 is 12.0 Å². The number of carbonyl (C=O) groups excluding carboxylic acids is 1. The van der Waals surface area contributed by atoms with E-state index in [1.165, 1.54) is 32.6 Å². The molecule has 3 N–H and O–H groups in total. The number of hydrogen-bond acceptors (Lipinski definition) is 2. The van der Waals surface area contributed by atoms with E-state index in [4.69, 9.17) is 5.11 Å². The Morgan fingerprint density at radius 2 is 1.76 bits per heavy atom. The van der Waals surface area contributed by atoms with Gasteiger partial charge in [-0.15, -0.1) is 0 Å². The van der Waals surface area contributed by atoms with Crippen molar-refractivity contribution in [3.05, 3.63) is 0 Å². The van der Waals surface area contributed by atoms with Crippen LogP contribution in [0.25, 0.3) is 0 Å². The number of amides is 2. The minimum Gasteiger partial charge on any atom is -0.480 e. The van der Waals surface area contributed by atoms with Crippen LogP contribution in [0.3, 0.4) is 0 Å². The molecule has 2 fully saturated rings. The maximum absolute atomic E-state index is 11.5. The third kappa shape index (κ3) is 3.61. The Labute approximate surface area is 101 Å². The van der Waals surface area contributed by atoms with Crippen LogP contribution in [0.4, 0.5) is 4.79 Å². The van der Waals surface area contributed by atoms with Crippen molar-refractivity contribution < 1.29 is 14.7 Å². The van der Waals surface area contributed by atoms with Crippen LogP contribution in [0.2, 0.25) is 0 Å². The van der Waals surface area contributed by atoms with E-state index in [9.17, 15) is 9.59 Å². The quantitative estimate of drug-likeness (QED) is 0.652. The van der Waals surface area contributed by atoms with E-state index < -0.39 is 12.0 Å². The van der Waals surface area contributed by atoms with Crippen molar-refractivity contribution in [1.29, 1.82) is 0 Å². The second kappa shape index (κ2) is 4.94. The van der Waals surface area contributed by atoms with Gasteiger partial charge in [0.2, 0.25) is 0 Å². The fourth-order valence-electron chi connectivity index (χ4n) is 2.29. The first-order valence-electron chi connectivity index (χ1n) is 6.35. The van der Waals surface area contributed by atoms with E-state index in [0.29, 0.717) is 12.5 Å². The molecule has 5 nitrogen and oxygen atoms in total. The monoisotopic (exact) mass is 240 g/mol. The molecule has 0 unspecified atom stereocenters. The van der Waals surface area contributed by atoms with Crippen molar-refractivity contribution in [2.75, 3.05) is 6.54 Å². The number of carboxylic acid groups (broad SMARTS) is 1. The first kappa shape index (κ1) is 12.2. The lowest BCUT2D eigenvalue weighted by molar-refractivity contribution is -0.138. The number of carboxylic acids is 1. The number of aliphatic carboxylic acids is 1. The average Bonchev–Trinajstić information content (AvgIpc) is 3.12. The maximum atomic E-state index is 11.5. The summed E-state index contributed by atoms with van der Waals surface area (Å²) in [5, 5.41) is 13.9. The summed E-state index contributed by atoms with van der Waals surface area (Å²) in [5.41, 5.74) is 0.